The Morgan fingerprint density at radius 2 is 2.10 bits per heavy atom. The first-order valence-corrected chi connectivity index (χ1v) is 7.32. The molecule has 1 aliphatic carbocycles. The molecular weight excluding hydrogens is 252 g/mol. The summed E-state index contributed by atoms with van der Waals surface area (Å²) in [4.78, 5) is 11.7. The topological polar surface area (TPSA) is 50.4 Å². The first-order valence-electron chi connectivity index (χ1n) is 7.32. The molecule has 1 aliphatic rings. The number of hydrogen-bond acceptors (Lipinski definition) is 3. The zero-order chi connectivity index (χ0) is 14.5. The fraction of sp³-hybridized carbons (Fsp3) is 0.562. The highest BCUT2D eigenvalue weighted by Gasteiger charge is 2.33. The molecule has 1 aromatic rings. The van der Waals surface area contributed by atoms with Gasteiger partial charge in [0, 0.05) is 12.6 Å². The largest absolute Gasteiger partial charge is 0.496 e. The van der Waals surface area contributed by atoms with Crippen LogP contribution < -0.4 is 15.4 Å². The van der Waals surface area contributed by atoms with Crippen LogP contribution in [0.15, 0.2) is 24.3 Å². The molecule has 1 fully saturated rings. The van der Waals surface area contributed by atoms with Crippen molar-refractivity contribution in [1.82, 2.24) is 10.6 Å². The molecule has 1 amide bonds. The van der Waals surface area contributed by atoms with Gasteiger partial charge in [-0.2, -0.15) is 0 Å². The molecule has 1 saturated carbocycles. The SMILES string of the molecule is CCNC(=O)C(C)NC1CC(c2ccccc2OC)C1. The average Bonchev–Trinajstić information content (AvgIpc) is 2.42. The van der Waals surface area contributed by atoms with Gasteiger partial charge in [-0.1, -0.05) is 18.2 Å². The molecule has 4 nitrogen and oxygen atoms in total. The van der Waals surface area contributed by atoms with Crippen LogP contribution >= 0.6 is 0 Å². The van der Waals surface area contributed by atoms with Gasteiger partial charge in [0.05, 0.1) is 13.2 Å². The number of benzene rings is 1. The Balaban J connectivity index is 1.84. The summed E-state index contributed by atoms with van der Waals surface area (Å²) in [5, 5.41) is 6.22. The van der Waals surface area contributed by atoms with E-state index in [1.807, 2.05) is 26.0 Å². The van der Waals surface area contributed by atoms with E-state index in [9.17, 15) is 4.79 Å². The van der Waals surface area contributed by atoms with Gasteiger partial charge in [0.2, 0.25) is 5.91 Å². The maximum absolute atomic E-state index is 11.7. The van der Waals surface area contributed by atoms with E-state index in [1.54, 1.807) is 7.11 Å². The smallest absolute Gasteiger partial charge is 0.236 e. The van der Waals surface area contributed by atoms with E-state index in [4.69, 9.17) is 4.74 Å². The minimum absolute atomic E-state index is 0.0771. The average molecular weight is 276 g/mol. The Morgan fingerprint density at radius 1 is 1.40 bits per heavy atom. The molecular formula is C16H24N2O2. The summed E-state index contributed by atoms with van der Waals surface area (Å²) in [6.07, 6.45) is 2.12. The highest BCUT2D eigenvalue weighted by molar-refractivity contribution is 5.81. The van der Waals surface area contributed by atoms with Gasteiger partial charge in [-0.25, -0.2) is 0 Å². The minimum Gasteiger partial charge on any atom is -0.496 e. The third-order valence-electron chi connectivity index (χ3n) is 3.95. The minimum atomic E-state index is -0.126. The number of amides is 1. The summed E-state index contributed by atoms with van der Waals surface area (Å²) >= 11 is 0. The zero-order valence-corrected chi connectivity index (χ0v) is 12.5. The van der Waals surface area contributed by atoms with Crippen molar-refractivity contribution in [2.24, 2.45) is 0 Å². The summed E-state index contributed by atoms with van der Waals surface area (Å²) < 4.78 is 5.40. The fourth-order valence-electron chi connectivity index (χ4n) is 2.77. The Kier molecular flexibility index (Phi) is 5.01. The van der Waals surface area contributed by atoms with Crippen molar-refractivity contribution in [3.63, 3.8) is 0 Å². The maximum Gasteiger partial charge on any atom is 0.236 e. The fourth-order valence-corrected chi connectivity index (χ4v) is 2.77. The predicted molar refractivity (Wildman–Crippen MR) is 80.0 cm³/mol. The quantitative estimate of drug-likeness (QED) is 0.836. The molecule has 1 unspecified atom stereocenters. The van der Waals surface area contributed by atoms with Gasteiger partial charge in [-0.3, -0.25) is 4.79 Å². The van der Waals surface area contributed by atoms with E-state index in [2.05, 4.69) is 22.8 Å². The Bertz CT molecular complexity index is 456. The van der Waals surface area contributed by atoms with E-state index >= 15 is 0 Å². The summed E-state index contributed by atoms with van der Waals surface area (Å²) in [7, 11) is 1.71. The number of methoxy groups -OCH3 is 1. The molecule has 1 atom stereocenters. The highest BCUT2D eigenvalue weighted by atomic mass is 16.5. The number of hydrogen-bond donors (Lipinski definition) is 2. The first kappa shape index (κ1) is 14.9. The van der Waals surface area contributed by atoms with Crippen LogP contribution in [-0.4, -0.2) is 31.6 Å². The van der Waals surface area contributed by atoms with Crippen molar-refractivity contribution >= 4 is 5.91 Å². The number of carbonyl (C=O) groups is 1. The summed E-state index contributed by atoms with van der Waals surface area (Å²) in [6, 6.07) is 8.48. The van der Waals surface area contributed by atoms with E-state index in [-0.39, 0.29) is 11.9 Å². The second-order valence-electron chi connectivity index (χ2n) is 5.39. The van der Waals surface area contributed by atoms with Gasteiger partial charge in [0.15, 0.2) is 0 Å². The van der Waals surface area contributed by atoms with Gasteiger partial charge in [0.25, 0.3) is 0 Å². The molecule has 0 saturated heterocycles. The third kappa shape index (κ3) is 3.31. The number of rotatable bonds is 6. The molecule has 0 bridgehead atoms. The van der Waals surface area contributed by atoms with E-state index in [0.29, 0.717) is 18.5 Å². The number of carbonyl (C=O) groups excluding carboxylic acids is 1. The monoisotopic (exact) mass is 276 g/mol. The molecule has 0 spiro atoms. The van der Waals surface area contributed by atoms with Crippen LogP contribution in [0.2, 0.25) is 0 Å². The van der Waals surface area contributed by atoms with Crippen LogP contribution in [0.4, 0.5) is 0 Å². The van der Waals surface area contributed by atoms with Crippen molar-refractivity contribution in [1.29, 1.82) is 0 Å². The second kappa shape index (κ2) is 6.75. The molecule has 110 valence electrons. The van der Waals surface area contributed by atoms with Gasteiger partial charge in [-0.15, -0.1) is 0 Å². The normalized spacial score (nSPS) is 22.8. The molecule has 4 heteroatoms. The van der Waals surface area contributed by atoms with Crippen LogP contribution in [0.25, 0.3) is 0 Å². The third-order valence-corrected chi connectivity index (χ3v) is 3.95. The van der Waals surface area contributed by atoms with Crippen molar-refractivity contribution in [2.75, 3.05) is 13.7 Å². The van der Waals surface area contributed by atoms with Crippen molar-refractivity contribution in [2.45, 2.75) is 44.7 Å². The molecule has 2 rings (SSSR count). The second-order valence-corrected chi connectivity index (χ2v) is 5.39. The van der Waals surface area contributed by atoms with Crippen LogP contribution in [0.5, 0.6) is 5.75 Å². The lowest BCUT2D eigenvalue weighted by molar-refractivity contribution is -0.123. The van der Waals surface area contributed by atoms with E-state index in [1.165, 1.54) is 5.56 Å². The standard InChI is InChI=1S/C16H24N2O2/c1-4-17-16(19)11(2)18-13-9-12(10-13)14-7-5-6-8-15(14)20-3/h5-8,11-13,18H,4,9-10H2,1-3H3,(H,17,19). The van der Waals surface area contributed by atoms with E-state index in [0.717, 1.165) is 18.6 Å². The summed E-state index contributed by atoms with van der Waals surface area (Å²) in [5.74, 6) is 1.58. The van der Waals surface area contributed by atoms with Crippen LogP contribution in [0, 0.1) is 0 Å². The van der Waals surface area contributed by atoms with Crippen molar-refractivity contribution < 1.29 is 9.53 Å². The lowest BCUT2D eigenvalue weighted by atomic mass is 9.75. The molecule has 20 heavy (non-hydrogen) atoms. The maximum atomic E-state index is 11.7. The molecule has 0 aliphatic heterocycles. The van der Waals surface area contributed by atoms with Crippen LogP contribution in [-0.2, 0) is 4.79 Å². The number of likely N-dealkylation sites (N-methyl/N-ethyl adjacent to an activating group) is 1. The zero-order valence-electron chi connectivity index (χ0n) is 12.5. The lowest BCUT2D eigenvalue weighted by Gasteiger charge is -2.38. The van der Waals surface area contributed by atoms with Crippen LogP contribution in [0.1, 0.15) is 38.2 Å². The van der Waals surface area contributed by atoms with Gasteiger partial charge < -0.3 is 15.4 Å². The number of nitrogens with one attached hydrogen (secondary N) is 2. The number of para-hydroxylation sites is 1. The van der Waals surface area contributed by atoms with Gasteiger partial charge >= 0.3 is 0 Å². The highest BCUT2D eigenvalue weighted by Crippen LogP contribution is 2.41. The number of ether oxygens (including phenoxy) is 1. The van der Waals surface area contributed by atoms with Gasteiger partial charge in [-0.05, 0) is 44.2 Å². The molecule has 2 N–H and O–H groups in total. The molecule has 1 aromatic carbocycles. The predicted octanol–water partition coefficient (Wildman–Crippen LogP) is 2.06. The first-order chi connectivity index (χ1) is 9.65. The van der Waals surface area contributed by atoms with E-state index < -0.39 is 0 Å². The Hall–Kier alpha value is -1.55. The molecule has 0 radical (unpaired) electrons. The molecule has 0 heterocycles. The van der Waals surface area contributed by atoms with Crippen molar-refractivity contribution in [3.05, 3.63) is 29.8 Å². The van der Waals surface area contributed by atoms with Crippen LogP contribution in [0.3, 0.4) is 0 Å². The summed E-state index contributed by atoms with van der Waals surface area (Å²) in [5.41, 5.74) is 1.28. The van der Waals surface area contributed by atoms with Gasteiger partial charge in [0.1, 0.15) is 5.75 Å². The van der Waals surface area contributed by atoms with Crippen molar-refractivity contribution in [3.8, 4) is 5.75 Å². The Labute approximate surface area is 120 Å². The Morgan fingerprint density at radius 3 is 2.75 bits per heavy atom. The lowest BCUT2D eigenvalue weighted by Crippen LogP contribution is -2.50. The molecule has 0 aromatic heterocycles. The summed E-state index contributed by atoms with van der Waals surface area (Å²) in [6.45, 7) is 4.53.